The van der Waals surface area contributed by atoms with Gasteiger partial charge in [0.2, 0.25) is 17.7 Å². The summed E-state index contributed by atoms with van der Waals surface area (Å²) >= 11 is 0. The number of unbranched alkanes of at least 4 members (excludes halogenated alkanes) is 1. The number of rotatable bonds is 19. The van der Waals surface area contributed by atoms with E-state index in [1.54, 1.807) is 0 Å². The Morgan fingerprint density at radius 2 is 1.69 bits per heavy atom. The summed E-state index contributed by atoms with van der Waals surface area (Å²) in [5, 5.41) is 5.94. The van der Waals surface area contributed by atoms with Crippen molar-refractivity contribution in [2.75, 3.05) is 39.5 Å². The molecule has 3 amide bonds. The standard InChI is InChI=1S/C21H40N6O5/c22-9-2-1-6-18(21(25)30)27-19(28)14-32-13-12-31-11-10-26-17(15-4-3-5-15)8-7-16(23)20(24)29/h16,18,26H,1-14,22-23H2,(H2,24,29)(H2,25,30)(H,27,28)/t16-,18?/m0/s1. The fraction of sp³-hybridized carbons (Fsp3) is 0.762. The SMILES string of the molecule is NCCCCC(NC(=O)COCCOCCNC(CC[C@H](N)C(N)=O)=C1CCC1)C(N)=O. The summed E-state index contributed by atoms with van der Waals surface area (Å²) in [5.41, 5.74) is 24.2. The summed E-state index contributed by atoms with van der Waals surface area (Å²) in [6.45, 7) is 2.04. The molecular weight excluding hydrogens is 416 g/mol. The highest BCUT2D eigenvalue weighted by Crippen LogP contribution is 2.29. The third-order valence-corrected chi connectivity index (χ3v) is 5.27. The average molecular weight is 457 g/mol. The smallest absolute Gasteiger partial charge is 0.246 e. The number of carbonyl (C=O) groups is 3. The molecule has 1 aliphatic carbocycles. The van der Waals surface area contributed by atoms with Gasteiger partial charge in [-0.25, -0.2) is 0 Å². The minimum atomic E-state index is -0.712. The molecule has 0 saturated heterocycles. The van der Waals surface area contributed by atoms with Crippen molar-refractivity contribution in [3.63, 3.8) is 0 Å². The number of hydrogen-bond acceptors (Lipinski definition) is 8. The van der Waals surface area contributed by atoms with Gasteiger partial charge in [0.1, 0.15) is 12.6 Å². The van der Waals surface area contributed by atoms with Crippen molar-refractivity contribution < 1.29 is 23.9 Å². The van der Waals surface area contributed by atoms with E-state index in [1.165, 1.54) is 12.0 Å². The molecule has 0 aromatic rings. The van der Waals surface area contributed by atoms with Crippen molar-refractivity contribution in [2.24, 2.45) is 22.9 Å². The summed E-state index contributed by atoms with van der Waals surface area (Å²) in [6.07, 6.45) is 6.45. The van der Waals surface area contributed by atoms with Gasteiger partial charge in [-0.2, -0.15) is 0 Å². The Balaban J connectivity index is 2.13. The van der Waals surface area contributed by atoms with E-state index in [0.717, 1.165) is 25.0 Å². The molecule has 1 rings (SSSR count). The number of hydrogen-bond donors (Lipinski definition) is 6. The van der Waals surface area contributed by atoms with Crippen LogP contribution in [0, 0.1) is 0 Å². The van der Waals surface area contributed by atoms with Crippen molar-refractivity contribution in [1.29, 1.82) is 0 Å². The minimum absolute atomic E-state index is 0.168. The van der Waals surface area contributed by atoms with Gasteiger partial charge in [0.15, 0.2) is 0 Å². The number of ether oxygens (including phenoxy) is 2. The van der Waals surface area contributed by atoms with Crippen LogP contribution in [-0.4, -0.2) is 69.3 Å². The van der Waals surface area contributed by atoms with E-state index in [4.69, 9.17) is 32.4 Å². The maximum absolute atomic E-state index is 11.9. The second-order valence-electron chi connectivity index (χ2n) is 7.88. The highest BCUT2D eigenvalue weighted by molar-refractivity contribution is 5.86. The lowest BCUT2D eigenvalue weighted by molar-refractivity contribution is -0.130. The van der Waals surface area contributed by atoms with Crippen LogP contribution in [0.1, 0.15) is 51.4 Å². The van der Waals surface area contributed by atoms with Gasteiger partial charge >= 0.3 is 0 Å². The molecule has 0 bridgehead atoms. The molecule has 0 aliphatic heterocycles. The largest absolute Gasteiger partial charge is 0.386 e. The molecule has 1 aliphatic rings. The molecule has 184 valence electrons. The summed E-state index contributed by atoms with van der Waals surface area (Å²) in [4.78, 5) is 34.4. The topological polar surface area (TPSA) is 198 Å². The Kier molecular flexibility index (Phi) is 14.3. The monoisotopic (exact) mass is 456 g/mol. The van der Waals surface area contributed by atoms with E-state index in [1.807, 2.05) is 0 Å². The number of primary amides is 2. The zero-order chi connectivity index (χ0) is 23.8. The van der Waals surface area contributed by atoms with E-state index in [9.17, 15) is 14.4 Å². The first-order valence-electron chi connectivity index (χ1n) is 11.3. The van der Waals surface area contributed by atoms with Crippen LogP contribution in [0.3, 0.4) is 0 Å². The molecule has 11 nitrogen and oxygen atoms in total. The lowest BCUT2D eigenvalue weighted by Gasteiger charge is -2.24. The normalized spacial score (nSPS) is 14.9. The molecule has 10 N–H and O–H groups in total. The molecule has 0 radical (unpaired) electrons. The quantitative estimate of drug-likeness (QED) is 0.129. The van der Waals surface area contributed by atoms with Crippen molar-refractivity contribution in [3.05, 3.63) is 11.3 Å². The van der Waals surface area contributed by atoms with Gasteiger partial charge in [0.05, 0.1) is 25.9 Å². The van der Waals surface area contributed by atoms with Crippen LogP contribution < -0.4 is 33.6 Å². The number of carbonyl (C=O) groups excluding carboxylic acids is 3. The molecule has 11 heteroatoms. The second-order valence-corrected chi connectivity index (χ2v) is 7.88. The maximum atomic E-state index is 11.9. The first kappa shape index (κ1) is 27.8. The van der Waals surface area contributed by atoms with Crippen LogP contribution in [0.25, 0.3) is 0 Å². The van der Waals surface area contributed by atoms with Crippen molar-refractivity contribution in [3.8, 4) is 0 Å². The summed E-state index contributed by atoms with van der Waals surface area (Å²) in [6, 6.07) is -1.35. The van der Waals surface area contributed by atoms with Crippen molar-refractivity contribution >= 4 is 17.7 Å². The van der Waals surface area contributed by atoms with Crippen LogP contribution in [-0.2, 0) is 23.9 Å². The number of amides is 3. The van der Waals surface area contributed by atoms with Crippen LogP contribution in [0.2, 0.25) is 0 Å². The summed E-state index contributed by atoms with van der Waals surface area (Å²) in [7, 11) is 0. The van der Waals surface area contributed by atoms with Crippen LogP contribution >= 0.6 is 0 Å². The van der Waals surface area contributed by atoms with Gasteiger partial charge in [-0.3, -0.25) is 14.4 Å². The van der Waals surface area contributed by atoms with Crippen LogP contribution in [0.5, 0.6) is 0 Å². The maximum Gasteiger partial charge on any atom is 0.246 e. The molecule has 2 atom stereocenters. The van der Waals surface area contributed by atoms with Gasteiger partial charge < -0.3 is 43.0 Å². The Morgan fingerprint density at radius 1 is 0.969 bits per heavy atom. The third-order valence-electron chi connectivity index (χ3n) is 5.27. The molecule has 0 spiro atoms. The molecule has 1 saturated carbocycles. The van der Waals surface area contributed by atoms with Gasteiger partial charge in [0, 0.05) is 12.2 Å². The van der Waals surface area contributed by atoms with E-state index < -0.39 is 29.8 Å². The predicted molar refractivity (Wildman–Crippen MR) is 121 cm³/mol. The highest BCUT2D eigenvalue weighted by atomic mass is 16.5. The van der Waals surface area contributed by atoms with Crippen molar-refractivity contribution in [2.45, 2.75) is 63.5 Å². The first-order valence-corrected chi connectivity index (χ1v) is 11.3. The predicted octanol–water partition coefficient (Wildman–Crippen LogP) is -1.26. The fourth-order valence-electron chi connectivity index (χ4n) is 3.16. The minimum Gasteiger partial charge on any atom is -0.386 e. The molecule has 1 fully saturated rings. The van der Waals surface area contributed by atoms with E-state index >= 15 is 0 Å². The van der Waals surface area contributed by atoms with Gasteiger partial charge in [-0.05, 0) is 57.9 Å². The molecule has 0 aromatic carbocycles. The van der Waals surface area contributed by atoms with E-state index in [2.05, 4.69) is 10.6 Å². The molecule has 1 unspecified atom stereocenters. The Labute approximate surface area is 190 Å². The van der Waals surface area contributed by atoms with Crippen LogP contribution in [0.15, 0.2) is 11.3 Å². The lowest BCUT2D eigenvalue weighted by Crippen LogP contribution is -2.45. The summed E-state index contributed by atoms with van der Waals surface area (Å²) in [5.74, 6) is -1.45. The Morgan fingerprint density at radius 3 is 2.28 bits per heavy atom. The van der Waals surface area contributed by atoms with E-state index in [0.29, 0.717) is 52.0 Å². The first-order chi connectivity index (χ1) is 15.3. The zero-order valence-electron chi connectivity index (χ0n) is 18.9. The zero-order valence-corrected chi connectivity index (χ0v) is 18.9. The highest BCUT2D eigenvalue weighted by Gasteiger charge is 2.18. The average Bonchev–Trinajstić information content (AvgIpc) is 2.71. The van der Waals surface area contributed by atoms with Gasteiger partial charge in [-0.1, -0.05) is 5.57 Å². The Bertz CT molecular complexity index is 622. The number of nitrogens with two attached hydrogens (primary N) is 4. The van der Waals surface area contributed by atoms with Crippen molar-refractivity contribution in [1.82, 2.24) is 10.6 Å². The number of nitrogens with one attached hydrogen (secondary N) is 2. The second kappa shape index (κ2) is 16.4. The summed E-state index contributed by atoms with van der Waals surface area (Å²) < 4.78 is 10.8. The molecular formula is C21H40N6O5. The lowest BCUT2D eigenvalue weighted by atomic mass is 9.88. The van der Waals surface area contributed by atoms with Gasteiger partial charge in [0.25, 0.3) is 0 Å². The molecule has 0 aromatic heterocycles. The molecule has 0 heterocycles. The number of allylic oxidation sites excluding steroid dienone is 2. The van der Waals surface area contributed by atoms with E-state index in [-0.39, 0.29) is 13.2 Å². The fourth-order valence-corrected chi connectivity index (χ4v) is 3.16. The van der Waals surface area contributed by atoms with Crippen LogP contribution in [0.4, 0.5) is 0 Å². The Hall–Kier alpha value is -2.21. The third kappa shape index (κ3) is 12.0. The molecule has 32 heavy (non-hydrogen) atoms. The van der Waals surface area contributed by atoms with Gasteiger partial charge in [-0.15, -0.1) is 0 Å².